The molecule has 11 nitrogen and oxygen atoms in total. The van der Waals surface area contributed by atoms with Gasteiger partial charge >= 0.3 is 5.97 Å². The van der Waals surface area contributed by atoms with Gasteiger partial charge in [0, 0.05) is 12.3 Å². The maximum absolute atomic E-state index is 12.9. The first-order valence-electron chi connectivity index (χ1n) is 9.28. The minimum absolute atomic E-state index is 0.0531. The highest BCUT2D eigenvalue weighted by atomic mass is 32.1. The number of carbonyl (C=O) groups is 5. The van der Waals surface area contributed by atoms with Gasteiger partial charge in [0.05, 0.1) is 12.5 Å². The lowest BCUT2D eigenvalue weighted by Crippen LogP contribution is -2.58. The van der Waals surface area contributed by atoms with Gasteiger partial charge in [-0.3, -0.25) is 19.2 Å². The van der Waals surface area contributed by atoms with E-state index < -0.39 is 53.8 Å². The van der Waals surface area contributed by atoms with Crippen LogP contribution >= 0.6 is 12.6 Å². The maximum atomic E-state index is 12.9. The predicted octanol–water partition coefficient (Wildman–Crippen LogP) is -2.18. The lowest BCUT2D eigenvalue weighted by molar-refractivity contribution is -0.145. The quantitative estimate of drug-likeness (QED) is 0.212. The van der Waals surface area contributed by atoms with Crippen molar-refractivity contribution in [2.75, 3.05) is 12.3 Å². The Balaban J connectivity index is 2.84. The summed E-state index contributed by atoms with van der Waals surface area (Å²) in [7, 11) is 0. The molecule has 4 atom stereocenters. The number of likely N-dealkylation sites (tertiary alicyclic amines) is 1. The Kier molecular flexibility index (Phi) is 9.37. The number of nitrogens with zero attached hydrogens (tertiary/aromatic N) is 1. The molecule has 1 rings (SSSR count). The lowest BCUT2D eigenvalue weighted by Gasteiger charge is -2.29. The van der Waals surface area contributed by atoms with E-state index in [9.17, 15) is 29.1 Å². The molecule has 1 fully saturated rings. The van der Waals surface area contributed by atoms with Crippen molar-refractivity contribution < 1.29 is 29.1 Å². The molecule has 12 heteroatoms. The van der Waals surface area contributed by atoms with Crippen LogP contribution < -0.4 is 22.1 Å². The Morgan fingerprint density at radius 2 is 1.83 bits per heavy atom. The van der Waals surface area contributed by atoms with Gasteiger partial charge in [-0.05, 0) is 18.8 Å². The summed E-state index contributed by atoms with van der Waals surface area (Å²) in [5.74, 6) is -4.13. The van der Waals surface area contributed by atoms with Crippen molar-refractivity contribution in [1.82, 2.24) is 15.5 Å². The number of thiol groups is 1. The molecule has 1 heterocycles. The first-order chi connectivity index (χ1) is 13.5. The molecule has 7 N–H and O–H groups in total. The van der Waals surface area contributed by atoms with E-state index in [1.165, 1.54) is 4.90 Å². The van der Waals surface area contributed by atoms with Gasteiger partial charge in [0.15, 0.2) is 0 Å². The molecule has 164 valence electrons. The van der Waals surface area contributed by atoms with Crippen LogP contribution in [-0.2, 0) is 24.0 Å². The average molecular weight is 432 g/mol. The van der Waals surface area contributed by atoms with Crippen LogP contribution in [0.2, 0.25) is 0 Å². The number of carboxylic acids is 1. The summed E-state index contributed by atoms with van der Waals surface area (Å²) in [6.45, 7) is 3.61. The topological polar surface area (TPSA) is 185 Å². The van der Waals surface area contributed by atoms with Crippen molar-refractivity contribution in [1.29, 1.82) is 0 Å². The summed E-state index contributed by atoms with van der Waals surface area (Å²) in [4.78, 5) is 61.1. The number of nitrogens with one attached hydrogen (secondary N) is 2. The molecule has 0 aliphatic carbocycles. The second-order valence-corrected chi connectivity index (χ2v) is 7.64. The van der Waals surface area contributed by atoms with E-state index in [-0.39, 0.29) is 24.6 Å². The van der Waals surface area contributed by atoms with Crippen molar-refractivity contribution in [3.63, 3.8) is 0 Å². The molecular weight excluding hydrogens is 402 g/mol. The van der Waals surface area contributed by atoms with Gasteiger partial charge in [-0.2, -0.15) is 12.6 Å². The molecular formula is C17H29N5O6S. The van der Waals surface area contributed by atoms with Crippen molar-refractivity contribution in [3.05, 3.63) is 0 Å². The molecule has 0 aromatic heterocycles. The van der Waals surface area contributed by atoms with Gasteiger partial charge in [-0.15, -0.1) is 0 Å². The highest BCUT2D eigenvalue weighted by molar-refractivity contribution is 7.80. The lowest BCUT2D eigenvalue weighted by atomic mass is 10.0. The van der Waals surface area contributed by atoms with Crippen LogP contribution in [0, 0.1) is 5.92 Å². The van der Waals surface area contributed by atoms with Crippen molar-refractivity contribution in [2.24, 2.45) is 17.4 Å². The second kappa shape index (κ2) is 11.0. The molecule has 0 aromatic carbocycles. The monoisotopic (exact) mass is 431 g/mol. The molecule has 29 heavy (non-hydrogen) atoms. The Bertz CT molecular complexity index is 658. The maximum Gasteiger partial charge on any atom is 0.326 e. The number of carbonyl (C=O) groups excluding carboxylic acids is 4. The van der Waals surface area contributed by atoms with E-state index >= 15 is 0 Å². The largest absolute Gasteiger partial charge is 0.480 e. The summed E-state index contributed by atoms with van der Waals surface area (Å²) < 4.78 is 0. The normalized spacial score (nSPS) is 19.3. The van der Waals surface area contributed by atoms with E-state index in [0.29, 0.717) is 12.8 Å². The zero-order valence-corrected chi connectivity index (χ0v) is 17.4. The number of hydrogen-bond acceptors (Lipinski definition) is 7. The van der Waals surface area contributed by atoms with Crippen molar-refractivity contribution in [3.8, 4) is 0 Å². The van der Waals surface area contributed by atoms with Gasteiger partial charge in [0.1, 0.15) is 18.1 Å². The first-order valence-corrected chi connectivity index (χ1v) is 9.91. The van der Waals surface area contributed by atoms with Crippen LogP contribution in [0.3, 0.4) is 0 Å². The Hall–Kier alpha value is -2.34. The van der Waals surface area contributed by atoms with Gasteiger partial charge in [0.2, 0.25) is 23.6 Å². The van der Waals surface area contributed by atoms with Crippen LogP contribution in [0.5, 0.6) is 0 Å². The summed E-state index contributed by atoms with van der Waals surface area (Å²) in [6.07, 6.45) is 0.550. The fraction of sp³-hybridized carbons (Fsp3) is 0.706. The van der Waals surface area contributed by atoms with Gasteiger partial charge < -0.3 is 32.1 Å². The van der Waals surface area contributed by atoms with Gasteiger partial charge in [-0.1, -0.05) is 13.8 Å². The summed E-state index contributed by atoms with van der Waals surface area (Å²) >= 11 is 4.08. The van der Waals surface area contributed by atoms with Crippen molar-refractivity contribution >= 4 is 42.2 Å². The Labute approximate surface area is 174 Å². The third kappa shape index (κ3) is 6.89. The molecule has 4 amide bonds. The predicted molar refractivity (Wildman–Crippen MR) is 107 cm³/mol. The van der Waals surface area contributed by atoms with Crippen LogP contribution in [0.4, 0.5) is 0 Å². The smallest absolute Gasteiger partial charge is 0.326 e. The molecule has 0 saturated carbocycles. The zero-order valence-electron chi connectivity index (χ0n) is 16.5. The molecule has 0 bridgehead atoms. The number of hydrogen-bond donors (Lipinski definition) is 6. The average Bonchev–Trinajstić information content (AvgIpc) is 3.11. The van der Waals surface area contributed by atoms with Crippen LogP contribution in [-0.4, -0.2) is 76.1 Å². The number of rotatable bonds is 10. The van der Waals surface area contributed by atoms with E-state index in [4.69, 9.17) is 11.5 Å². The summed E-state index contributed by atoms with van der Waals surface area (Å²) in [6, 6.07) is -4.19. The van der Waals surface area contributed by atoms with E-state index in [1.807, 2.05) is 0 Å². The van der Waals surface area contributed by atoms with E-state index in [2.05, 4.69) is 23.3 Å². The van der Waals surface area contributed by atoms with Crippen LogP contribution in [0.25, 0.3) is 0 Å². The summed E-state index contributed by atoms with van der Waals surface area (Å²) in [5, 5.41) is 14.1. The molecule has 0 aromatic rings. The first kappa shape index (κ1) is 24.7. The second-order valence-electron chi connectivity index (χ2n) is 7.28. The molecule has 0 radical (unpaired) electrons. The number of carboxylic acid groups (broad SMARTS) is 1. The van der Waals surface area contributed by atoms with Gasteiger partial charge in [-0.25, -0.2) is 4.79 Å². The number of aliphatic carboxylic acids is 1. The SMILES string of the molecule is CC(C)C(NC(=O)C1CCCN1C(=O)C(CS)NC(=O)C(N)CC(N)=O)C(=O)O. The van der Waals surface area contributed by atoms with Crippen molar-refractivity contribution in [2.45, 2.75) is 57.3 Å². The van der Waals surface area contributed by atoms with E-state index in [1.54, 1.807) is 13.8 Å². The highest BCUT2D eigenvalue weighted by Gasteiger charge is 2.39. The van der Waals surface area contributed by atoms with E-state index in [0.717, 1.165) is 0 Å². The Morgan fingerprint density at radius 3 is 2.31 bits per heavy atom. The fourth-order valence-electron chi connectivity index (χ4n) is 3.04. The minimum Gasteiger partial charge on any atom is -0.480 e. The fourth-order valence-corrected chi connectivity index (χ4v) is 3.29. The molecule has 1 saturated heterocycles. The number of nitrogens with two attached hydrogens (primary N) is 2. The molecule has 4 unspecified atom stereocenters. The number of amides is 4. The zero-order chi connectivity index (χ0) is 22.3. The third-order valence-corrected chi connectivity index (χ3v) is 4.99. The van der Waals surface area contributed by atoms with Gasteiger partial charge in [0.25, 0.3) is 0 Å². The van der Waals surface area contributed by atoms with Crippen LogP contribution in [0.15, 0.2) is 0 Å². The standard InChI is InChI=1S/C17H29N5O6S/c1-8(2)13(17(27)28)21-15(25)11-4-3-5-22(11)16(26)10(7-29)20-14(24)9(18)6-12(19)23/h8-11,13,29H,3-7,18H2,1-2H3,(H2,19,23)(H,20,24)(H,21,25)(H,27,28). The summed E-state index contributed by atoms with van der Waals surface area (Å²) in [5.41, 5.74) is 10.6. The van der Waals surface area contributed by atoms with Crippen LogP contribution in [0.1, 0.15) is 33.1 Å². The Morgan fingerprint density at radius 1 is 1.21 bits per heavy atom. The third-order valence-electron chi connectivity index (χ3n) is 4.62. The molecule has 1 aliphatic rings. The molecule has 1 aliphatic heterocycles. The highest BCUT2D eigenvalue weighted by Crippen LogP contribution is 2.19. The number of primary amides is 1. The minimum atomic E-state index is -1.21. The molecule has 0 spiro atoms.